The summed E-state index contributed by atoms with van der Waals surface area (Å²) in [5, 5.41) is 8.46. The van der Waals surface area contributed by atoms with Crippen LogP contribution in [-0.2, 0) is 0 Å². The molecule has 1 heteroatoms. The summed E-state index contributed by atoms with van der Waals surface area (Å²) >= 11 is 0. The minimum Gasteiger partial charge on any atom is -0.396 e. The molecular formula is C7H10O. The van der Waals surface area contributed by atoms with Crippen molar-refractivity contribution in [2.75, 3.05) is 6.61 Å². The molecule has 0 aromatic carbocycles. The number of rotatable bonds is 2. The monoisotopic (exact) mass is 110 g/mol. The normalized spacial score (nSPS) is 18.1. The summed E-state index contributed by atoms with van der Waals surface area (Å²) in [5.41, 5.74) is 0. The van der Waals surface area contributed by atoms with Crippen molar-refractivity contribution < 1.29 is 5.11 Å². The minimum absolute atomic E-state index is 0.291. The molecular weight excluding hydrogens is 100 g/mol. The van der Waals surface area contributed by atoms with Crippen LogP contribution in [0.25, 0.3) is 0 Å². The second kappa shape index (κ2) is 2.68. The molecule has 8 heavy (non-hydrogen) atoms. The molecule has 1 rings (SSSR count). The van der Waals surface area contributed by atoms with Crippen molar-refractivity contribution in [1.82, 2.24) is 0 Å². The predicted molar refractivity (Wildman–Crippen MR) is 33.5 cm³/mol. The molecule has 0 aliphatic heterocycles. The van der Waals surface area contributed by atoms with Crippen molar-refractivity contribution in [3.63, 3.8) is 0 Å². The van der Waals surface area contributed by atoms with Gasteiger partial charge in [0.2, 0.25) is 0 Å². The highest BCUT2D eigenvalue weighted by atomic mass is 16.2. The van der Waals surface area contributed by atoms with Crippen molar-refractivity contribution in [3.8, 4) is 0 Å². The minimum atomic E-state index is 0.291. The number of hydrogen-bond donors (Lipinski definition) is 1. The molecule has 0 aromatic rings. The molecule has 44 valence electrons. The molecule has 1 aliphatic carbocycles. The number of aliphatic hydroxyl groups is 1. The van der Waals surface area contributed by atoms with Crippen molar-refractivity contribution >= 4 is 0 Å². The summed E-state index contributed by atoms with van der Waals surface area (Å²) in [7, 11) is 0. The van der Waals surface area contributed by atoms with Crippen LogP contribution in [0.4, 0.5) is 0 Å². The molecule has 0 bridgehead atoms. The first-order chi connectivity index (χ1) is 3.93. The first-order valence-electron chi connectivity index (χ1n) is 2.89. The molecule has 0 atom stereocenters. The summed E-state index contributed by atoms with van der Waals surface area (Å²) in [6, 6.07) is 0. The first kappa shape index (κ1) is 5.57. The summed E-state index contributed by atoms with van der Waals surface area (Å²) in [5.74, 6) is 0.500. The zero-order valence-electron chi connectivity index (χ0n) is 4.75. The van der Waals surface area contributed by atoms with E-state index < -0.39 is 0 Å². The molecule has 0 amide bonds. The molecule has 1 aliphatic rings. The average Bonchev–Trinajstić information content (AvgIpc) is 2.19. The molecule has 0 aromatic heterocycles. The van der Waals surface area contributed by atoms with Gasteiger partial charge >= 0.3 is 0 Å². The second-order valence-corrected chi connectivity index (χ2v) is 1.95. The molecule has 1 N–H and O–H groups in total. The molecule has 0 radical (unpaired) electrons. The highest BCUT2D eigenvalue weighted by Crippen LogP contribution is 2.11. The number of hydrogen-bond acceptors (Lipinski definition) is 1. The molecule has 0 spiro atoms. The van der Waals surface area contributed by atoms with Crippen LogP contribution in [0.5, 0.6) is 0 Å². The highest BCUT2D eigenvalue weighted by Gasteiger charge is 1.99. The third kappa shape index (κ3) is 1.20. The highest BCUT2D eigenvalue weighted by molar-refractivity contribution is 5.17. The lowest BCUT2D eigenvalue weighted by atomic mass is 10.1. The van der Waals surface area contributed by atoms with Crippen molar-refractivity contribution in [2.45, 2.75) is 6.42 Å². The molecule has 0 saturated carbocycles. The van der Waals surface area contributed by atoms with Crippen molar-refractivity contribution in [2.24, 2.45) is 5.92 Å². The Labute approximate surface area is 49.3 Å². The first-order valence-corrected chi connectivity index (χ1v) is 2.89. The van der Waals surface area contributed by atoms with Gasteiger partial charge in [0.05, 0.1) is 0 Å². The van der Waals surface area contributed by atoms with E-state index in [1.165, 1.54) is 0 Å². The van der Waals surface area contributed by atoms with Crippen LogP contribution < -0.4 is 0 Å². The maximum absolute atomic E-state index is 8.46. The van der Waals surface area contributed by atoms with Crippen LogP contribution in [0.1, 0.15) is 6.42 Å². The van der Waals surface area contributed by atoms with Gasteiger partial charge in [0, 0.05) is 6.61 Å². The van der Waals surface area contributed by atoms with Gasteiger partial charge in [-0.25, -0.2) is 0 Å². The van der Waals surface area contributed by atoms with Crippen LogP contribution in [0.15, 0.2) is 24.3 Å². The van der Waals surface area contributed by atoms with E-state index in [-0.39, 0.29) is 0 Å². The summed E-state index contributed by atoms with van der Waals surface area (Å²) in [4.78, 5) is 0. The Hall–Kier alpha value is -0.560. The van der Waals surface area contributed by atoms with Gasteiger partial charge in [-0.3, -0.25) is 0 Å². The van der Waals surface area contributed by atoms with E-state index in [1.807, 2.05) is 12.2 Å². The Morgan fingerprint density at radius 1 is 1.25 bits per heavy atom. The van der Waals surface area contributed by atoms with Crippen LogP contribution in [0, 0.1) is 5.92 Å². The van der Waals surface area contributed by atoms with Crippen molar-refractivity contribution in [3.05, 3.63) is 24.3 Å². The fourth-order valence-electron chi connectivity index (χ4n) is 0.819. The van der Waals surface area contributed by atoms with E-state index in [0.29, 0.717) is 12.5 Å². The third-order valence-electron chi connectivity index (χ3n) is 1.29. The molecule has 1 nitrogen and oxygen atoms in total. The maximum atomic E-state index is 8.46. The van der Waals surface area contributed by atoms with Crippen LogP contribution in [0.3, 0.4) is 0 Å². The quantitative estimate of drug-likeness (QED) is 0.564. The molecule has 0 fully saturated rings. The number of allylic oxidation sites excluding steroid dienone is 4. The Morgan fingerprint density at radius 3 is 2.38 bits per heavy atom. The van der Waals surface area contributed by atoms with Gasteiger partial charge in [-0.05, 0) is 12.3 Å². The maximum Gasteiger partial charge on any atom is 0.0439 e. The fourth-order valence-corrected chi connectivity index (χ4v) is 0.819. The Balaban J connectivity index is 2.27. The van der Waals surface area contributed by atoms with E-state index in [1.54, 1.807) is 0 Å². The standard InChI is InChI=1S/C7H10O/c8-6-5-7-3-1-2-4-7/h1-4,7-8H,5-6H2. The molecule has 0 unspecified atom stereocenters. The molecule has 0 saturated heterocycles. The molecule has 0 heterocycles. The summed E-state index contributed by atoms with van der Waals surface area (Å²) in [6.45, 7) is 0.291. The zero-order valence-corrected chi connectivity index (χ0v) is 4.75. The van der Waals surface area contributed by atoms with Gasteiger partial charge in [0.15, 0.2) is 0 Å². The van der Waals surface area contributed by atoms with Gasteiger partial charge < -0.3 is 5.11 Å². The average molecular weight is 110 g/mol. The summed E-state index contributed by atoms with van der Waals surface area (Å²) < 4.78 is 0. The van der Waals surface area contributed by atoms with Crippen LogP contribution >= 0.6 is 0 Å². The van der Waals surface area contributed by atoms with Gasteiger partial charge in [-0.2, -0.15) is 0 Å². The van der Waals surface area contributed by atoms with Crippen molar-refractivity contribution in [1.29, 1.82) is 0 Å². The second-order valence-electron chi connectivity index (χ2n) is 1.95. The lowest BCUT2D eigenvalue weighted by Gasteiger charge is -1.97. The van der Waals surface area contributed by atoms with Gasteiger partial charge in [0.1, 0.15) is 0 Å². The van der Waals surface area contributed by atoms with Crippen LogP contribution in [-0.4, -0.2) is 11.7 Å². The Kier molecular flexibility index (Phi) is 1.86. The van der Waals surface area contributed by atoms with E-state index in [2.05, 4.69) is 12.2 Å². The lowest BCUT2D eigenvalue weighted by Crippen LogP contribution is -1.92. The number of aliphatic hydroxyl groups excluding tert-OH is 1. The third-order valence-corrected chi connectivity index (χ3v) is 1.29. The Bertz CT molecular complexity index is 102. The van der Waals surface area contributed by atoms with E-state index in [0.717, 1.165) is 6.42 Å². The van der Waals surface area contributed by atoms with Gasteiger partial charge in [0.25, 0.3) is 0 Å². The van der Waals surface area contributed by atoms with E-state index in [4.69, 9.17) is 5.11 Å². The summed E-state index contributed by atoms with van der Waals surface area (Å²) in [6.07, 6.45) is 9.08. The SMILES string of the molecule is OCCC1C=CC=C1. The van der Waals surface area contributed by atoms with E-state index in [9.17, 15) is 0 Å². The van der Waals surface area contributed by atoms with E-state index >= 15 is 0 Å². The smallest absolute Gasteiger partial charge is 0.0439 e. The lowest BCUT2D eigenvalue weighted by molar-refractivity contribution is 0.279. The fraction of sp³-hybridized carbons (Fsp3) is 0.429. The van der Waals surface area contributed by atoms with Crippen LogP contribution in [0.2, 0.25) is 0 Å². The topological polar surface area (TPSA) is 20.2 Å². The largest absolute Gasteiger partial charge is 0.396 e. The zero-order chi connectivity index (χ0) is 5.82. The van der Waals surface area contributed by atoms with Gasteiger partial charge in [-0.15, -0.1) is 0 Å². The Morgan fingerprint density at radius 2 is 1.88 bits per heavy atom. The van der Waals surface area contributed by atoms with Gasteiger partial charge in [-0.1, -0.05) is 24.3 Å². The predicted octanol–water partition coefficient (Wildman–Crippen LogP) is 1.11.